The molecule has 3 rings (SSSR count). The molecule has 118 valence electrons. The standard InChI is InChI=1S/C15H13ClN4O3/c16-9-1-2-10(11-3-4-17-19-11)12(7-9)18-13-8-14(22)20(5-6-21)15(13)23/h1-4,7-8,18,21H,5-6H2,(H,17,19). The van der Waals surface area contributed by atoms with Crippen molar-refractivity contribution in [3.05, 3.63) is 47.3 Å². The Balaban J connectivity index is 1.92. The number of rotatable bonds is 5. The molecule has 1 aromatic heterocycles. The van der Waals surface area contributed by atoms with Crippen LogP contribution in [0.3, 0.4) is 0 Å². The lowest BCUT2D eigenvalue weighted by molar-refractivity contribution is -0.137. The molecular formula is C15H13ClN4O3. The molecule has 0 radical (unpaired) electrons. The predicted molar refractivity (Wildman–Crippen MR) is 84.5 cm³/mol. The monoisotopic (exact) mass is 332 g/mol. The number of carbonyl (C=O) groups excluding carboxylic acids is 2. The van der Waals surface area contributed by atoms with E-state index >= 15 is 0 Å². The van der Waals surface area contributed by atoms with Gasteiger partial charge in [-0.15, -0.1) is 0 Å². The molecule has 23 heavy (non-hydrogen) atoms. The first-order valence-electron chi connectivity index (χ1n) is 6.85. The molecule has 2 heterocycles. The van der Waals surface area contributed by atoms with Crippen molar-refractivity contribution in [3.63, 3.8) is 0 Å². The lowest BCUT2D eigenvalue weighted by atomic mass is 10.1. The van der Waals surface area contributed by atoms with Gasteiger partial charge in [-0.3, -0.25) is 19.6 Å². The molecule has 1 aromatic carbocycles. The van der Waals surface area contributed by atoms with Gasteiger partial charge in [0, 0.05) is 28.5 Å². The van der Waals surface area contributed by atoms with Gasteiger partial charge in [0.15, 0.2) is 0 Å². The van der Waals surface area contributed by atoms with Crippen molar-refractivity contribution in [2.45, 2.75) is 0 Å². The number of H-pyrrole nitrogens is 1. The molecule has 0 aliphatic carbocycles. The SMILES string of the molecule is O=C1C=C(Nc2cc(Cl)ccc2-c2ccn[nH]2)C(=O)N1CCO. The zero-order chi connectivity index (χ0) is 16.4. The average Bonchev–Trinajstić information content (AvgIpc) is 3.13. The highest BCUT2D eigenvalue weighted by Gasteiger charge is 2.31. The lowest BCUT2D eigenvalue weighted by Crippen LogP contribution is -2.34. The molecule has 0 spiro atoms. The molecule has 1 aliphatic rings. The van der Waals surface area contributed by atoms with Crippen molar-refractivity contribution in [1.82, 2.24) is 15.1 Å². The normalized spacial score (nSPS) is 14.3. The van der Waals surface area contributed by atoms with Gasteiger partial charge in [-0.05, 0) is 24.3 Å². The zero-order valence-corrected chi connectivity index (χ0v) is 12.7. The Bertz CT molecular complexity index is 786. The lowest BCUT2D eigenvalue weighted by Gasteiger charge is -2.15. The van der Waals surface area contributed by atoms with Crippen LogP contribution in [0, 0.1) is 0 Å². The molecule has 1 aliphatic heterocycles. The molecule has 0 bridgehead atoms. The van der Waals surface area contributed by atoms with Crippen molar-refractivity contribution in [2.24, 2.45) is 0 Å². The first-order chi connectivity index (χ1) is 11.1. The fraction of sp³-hybridized carbons (Fsp3) is 0.133. The Morgan fingerprint density at radius 1 is 1.30 bits per heavy atom. The minimum absolute atomic E-state index is 0.0394. The maximum absolute atomic E-state index is 12.2. The highest BCUT2D eigenvalue weighted by Crippen LogP contribution is 2.31. The molecule has 0 saturated carbocycles. The minimum atomic E-state index is -0.486. The van der Waals surface area contributed by atoms with Crippen LogP contribution in [0.5, 0.6) is 0 Å². The Kier molecular flexibility index (Phi) is 4.14. The number of carbonyl (C=O) groups is 2. The summed E-state index contributed by atoms with van der Waals surface area (Å²) in [6.07, 6.45) is 2.82. The van der Waals surface area contributed by atoms with Crippen molar-refractivity contribution in [2.75, 3.05) is 18.5 Å². The second kappa shape index (κ2) is 6.23. The van der Waals surface area contributed by atoms with E-state index in [2.05, 4.69) is 15.5 Å². The molecule has 2 aromatic rings. The van der Waals surface area contributed by atoms with Gasteiger partial charge in [-0.2, -0.15) is 5.10 Å². The van der Waals surface area contributed by atoms with Gasteiger partial charge >= 0.3 is 0 Å². The Hall–Kier alpha value is -2.64. The molecule has 3 N–H and O–H groups in total. The Labute approximate surface area is 136 Å². The van der Waals surface area contributed by atoms with Gasteiger partial charge in [-0.25, -0.2) is 0 Å². The van der Waals surface area contributed by atoms with E-state index in [0.717, 1.165) is 16.2 Å². The summed E-state index contributed by atoms with van der Waals surface area (Å²) in [4.78, 5) is 25.0. The van der Waals surface area contributed by atoms with Crippen LogP contribution in [-0.2, 0) is 9.59 Å². The number of hydrogen-bond acceptors (Lipinski definition) is 5. The first-order valence-corrected chi connectivity index (χ1v) is 7.22. The number of aliphatic hydroxyl groups excluding tert-OH is 1. The number of aliphatic hydroxyl groups is 1. The van der Waals surface area contributed by atoms with E-state index in [0.29, 0.717) is 10.7 Å². The van der Waals surface area contributed by atoms with Crippen molar-refractivity contribution < 1.29 is 14.7 Å². The first kappa shape index (κ1) is 15.3. The summed E-state index contributed by atoms with van der Waals surface area (Å²) in [5.74, 6) is -0.948. The Morgan fingerprint density at radius 3 is 2.83 bits per heavy atom. The largest absolute Gasteiger partial charge is 0.395 e. The third-order valence-electron chi connectivity index (χ3n) is 3.37. The number of halogens is 1. The molecule has 0 saturated heterocycles. The van der Waals surface area contributed by atoms with E-state index in [1.54, 1.807) is 30.5 Å². The number of hydrogen-bond donors (Lipinski definition) is 3. The number of amides is 2. The second-order valence-electron chi connectivity index (χ2n) is 4.86. The smallest absolute Gasteiger partial charge is 0.277 e. The fourth-order valence-corrected chi connectivity index (χ4v) is 2.49. The maximum atomic E-state index is 12.2. The summed E-state index contributed by atoms with van der Waals surface area (Å²) in [5, 5.41) is 19.1. The van der Waals surface area contributed by atoms with Gasteiger partial charge < -0.3 is 10.4 Å². The molecule has 0 atom stereocenters. The van der Waals surface area contributed by atoms with E-state index in [-0.39, 0.29) is 18.8 Å². The van der Waals surface area contributed by atoms with Crippen LogP contribution in [-0.4, -0.2) is 45.2 Å². The summed E-state index contributed by atoms with van der Waals surface area (Å²) in [6, 6.07) is 6.94. The summed E-state index contributed by atoms with van der Waals surface area (Å²) in [5.41, 5.74) is 2.20. The van der Waals surface area contributed by atoms with Crippen LogP contribution >= 0.6 is 11.6 Å². The molecule has 2 amide bonds. The van der Waals surface area contributed by atoms with Crippen LogP contribution < -0.4 is 5.32 Å². The van der Waals surface area contributed by atoms with E-state index in [4.69, 9.17) is 16.7 Å². The van der Waals surface area contributed by atoms with Crippen molar-refractivity contribution in [3.8, 4) is 11.3 Å². The predicted octanol–water partition coefficient (Wildman–Crippen LogP) is 1.39. The van der Waals surface area contributed by atoms with E-state index in [1.165, 1.54) is 6.08 Å². The van der Waals surface area contributed by atoms with E-state index in [9.17, 15) is 9.59 Å². The third-order valence-corrected chi connectivity index (χ3v) is 3.61. The van der Waals surface area contributed by atoms with Gasteiger partial charge in [0.25, 0.3) is 11.8 Å². The van der Waals surface area contributed by atoms with Crippen LogP contribution in [0.1, 0.15) is 0 Å². The summed E-state index contributed by atoms with van der Waals surface area (Å²) in [7, 11) is 0. The number of aromatic amines is 1. The second-order valence-corrected chi connectivity index (χ2v) is 5.30. The van der Waals surface area contributed by atoms with Gasteiger partial charge in [0.1, 0.15) is 5.70 Å². The van der Waals surface area contributed by atoms with Crippen LogP contribution in [0.2, 0.25) is 5.02 Å². The number of anilines is 1. The highest BCUT2D eigenvalue weighted by molar-refractivity contribution is 6.31. The van der Waals surface area contributed by atoms with Gasteiger partial charge in [0.2, 0.25) is 0 Å². The number of β-amino-alcohol motifs (C(OH)–C–C–N with tert-alkyl or cyclic N) is 1. The average molecular weight is 333 g/mol. The topological polar surface area (TPSA) is 98.3 Å². The summed E-state index contributed by atoms with van der Waals surface area (Å²) < 4.78 is 0. The number of nitrogens with zero attached hydrogens (tertiary/aromatic N) is 2. The van der Waals surface area contributed by atoms with Crippen molar-refractivity contribution in [1.29, 1.82) is 0 Å². The molecule has 0 unspecified atom stereocenters. The quantitative estimate of drug-likeness (QED) is 0.719. The van der Waals surface area contributed by atoms with E-state index < -0.39 is 11.8 Å². The van der Waals surface area contributed by atoms with Crippen LogP contribution in [0.15, 0.2) is 42.2 Å². The molecule has 8 heteroatoms. The van der Waals surface area contributed by atoms with Crippen molar-refractivity contribution >= 4 is 29.1 Å². The summed E-state index contributed by atoms with van der Waals surface area (Å²) >= 11 is 6.03. The molecule has 7 nitrogen and oxygen atoms in total. The molecule has 0 fully saturated rings. The fourth-order valence-electron chi connectivity index (χ4n) is 2.32. The van der Waals surface area contributed by atoms with Gasteiger partial charge in [-0.1, -0.05) is 11.6 Å². The number of nitrogens with one attached hydrogen (secondary N) is 2. The zero-order valence-electron chi connectivity index (χ0n) is 11.9. The Morgan fingerprint density at radius 2 is 2.13 bits per heavy atom. The number of benzene rings is 1. The molecular weight excluding hydrogens is 320 g/mol. The van der Waals surface area contributed by atoms with Gasteiger partial charge in [0.05, 0.1) is 18.8 Å². The number of imide groups is 1. The minimum Gasteiger partial charge on any atom is -0.395 e. The van der Waals surface area contributed by atoms with E-state index in [1.807, 2.05) is 0 Å². The van der Waals surface area contributed by atoms with Crippen LogP contribution in [0.25, 0.3) is 11.3 Å². The van der Waals surface area contributed by atoms with Crippen LogP contribution in [0.4, 0.5) is 5.69 Å². The highest BCUT2D eigenvalue weighted by atomic mass is 35.5. The third kappa shape index (κ3) is 2.96. The summed E-state index contributed by atoms with van der Waals surface area (Å²) in [6.45, 7) is -0.322. The maximum Gasteiger partial charge on any atom is 0.277 e. The number of aromatic nitrogens is 2.